The van der Waals surface area contributed by atoms with Gasteiger partial charge in [0.2, 0.25) is 5.91 Å². The molecule has 0 radical (unpaired) electrons. The molecule has 1 heterocycles. The molecule has 1 saturated heterocycles. The Morgan fingerprint density at radius 2 is 1.78 bits per heavy atom. The number of carboxylic acid groups (broad SMARTS) is 1. The highest BCUT2D eigenvalue weighted by Gasteiger charge is 2.29. The van der Waals surface area contributed by atoms with Crippen molar-refractivity contribution in [3.8, 4) is 5.75 Å². The van der Waals surface area contributed by atoms with Crippen molar-refractivity contribution in [1.29, 1.82) is 0 Å². The molecule has 1 fully saturated rings. The molecule has 1 aliphatic heterocycles. The van der Waals surface area contributed by atoms with Gasteiger partial charge >= 0.3 is 5.97 Å². The summed E-state index contributed by atoms with van der Waals surface area (Å²) in [6, 6.07) is 14.3. The monoisotopic (exact) mass is 369 g/mol. The van der Waals surface area contributed by atoms with Crippen LogP contribution in [0.15, 0.2) is 42.5 Å². The summed E-state index contributed by atoms with van der Waals surface area (Å²) < 4.78 is 6.12. The highest BCUT2D eigenvalue weighted by atomic mass is 16.5. The predicted octanol–water partition coefficient (Wildman–Crippen LogP) is 3.96. The minimum absolute atomic E-state index is 0.0553. The fourth-order valence-corrected chi connectivity index (χ4v) is 3.58. The highest BCUT2D eigenvalue weighted by Crippen LogP contribution is 2.25. The van der Waals surface area contributed by atoms with Gasteiger partial charge in [-0.2, -0.15) is 0 Å². The number of benzene rings is 2. The Morgan fingerprint density at radius 1 is 1.11 bits per heavy atom. The van der Waals surface area contributed by atoms with Gasteiger partial charge in [0.25, 0.3) is 0 Å². The van der Waals surface area contributed by atoms with E-state index >= 15 is 0 Å². The molecular formula is C22H27NO4. The maximum absolute atomic E-state index is 12.5. The van der Waals surface area contributed by atoms with Crippen LogP contribution < -0.4 is 4.74 Å². The molecular weight excluding hydrogens is 342 g/mol. The Morgan fingerprint density at radius 3 is 2.41 bits per heavy atom. The second-order valence-electron chi connectivity index (χ2n) is 7.60. The van der Waals surface area contributed by atoms with Gasteiger partial charge in [-0.25, -0.2) is 0 Å². The number of carbonyl (C=O) groups is 2. The first-order chi connectivity index (χ1) is 12.9. The molecule has 1 aliphatic rings. The number of aliphatic carboxylic acids is 1. The third kappa shape index (κ3) is 4.79. The van der Waals surface area contributed by atoms with Crippen molar-refractivity contribution in [2.75, 3.05) is 13.1 Å². The average Bonchev–Trinajstić information content (AvgIpc) is 2.66. The Labute approximate surface area is 159 Å². The van der Waals surface area contributed by atoms with E-state index in [4.69, 9.17) is 4.74 Å². The molecule has 5 nitrogen and oxygen atoms in total. The van der Waals surface area contributed by atoms with E-state index in [0.717, 1.165) is 24.0 Å². The smallest absolute Gasteiger partial charge is 0.307 e. The molecule has 27 heavy (non-hydrogen) atoms. The van der Waals surface area contributed by atoms with E-state index in [1.54, 1.807) is 4.90 Å². The lowest BCUT2D eigenvalue weighted by molar-refractivity contribution is -0.148. The molecule has 2 aromatic carbocycles. The maximum atomic E-state index is 12.5. The number of fused-ring (bicyclic) bond motifs is 1. The second kappa shape index (κ2) is 8.42. The lowest BCUT2D eigenvalue weighted by atomic mass is 9.92. The zero-order chi connectivity index (χ0) is 19.4. The van der Waals surface area contributed by atoms with Gasteiger partial charge in [0.05, 0.1) is 5.92 Å². The fraction of sp³-hybridized carbons (Fsp3) is 0.455. The molecule has 0 spiro atoms. The summed E-state index contributed by atoms with van der Waals surface area (Å²) in [5.41, 5.74) is 0. The SMILES string of the molecule is CC(C)[C@H](CC(=O)N1CCC(Oc2ccc3ccccc3c2)CC1)C(=O)O. The van der Waals surface area contributed by atoms with Crippen molar-refractivity contribution in [3.05, 3.63) is 42.5 Å². The zero-order valence-corrected chi connectivity index (χ0v) is 15.9. The van der Waals surface area contributed by atoms with E-state index in [0.29, 0.717) is 13.1 Å². The molecule has 0 bridgehead atoms. The summed E-state index contributed by atoms with van der Waals surface area (Å²) in [5, 5.41) is 11.6. The van der Waals surface area contributed by atoms with Crippen LogP contribution in [0.5, 0.6) is 5.75 Å². The lowest BCUT2D eigenvalue weighted by Crippen LogP contribution is -2.43. The molecule has 2 aromatic rings. The number of likely N-dealkylation sites (tertiary alicyclic amines) is 1. The average molecular weight is 369 g/mol. The number of piperidine rings is 1. The van der Waals surface area contributed by atoms with Crippen molar-refractivity contribution in [2.45, 2.75) is 39.2 Å². The number of hydrogen-bond acceptors (Lipinski definition) is 3. The third-order valence-electron chi connectivity index (χ3n) is 5.33. The summed E-state index contributed by atoms with van der Waals surface area (Å²) in [6.07, 6.45) is 1.68. The number of amides is 1. The number of carboxylic acids is 1. The van der Waals surface area contributed by atoms with Gasteiger partial charge in [-0.3, -0.25) is 9.59 Å². The first-order valence-corrected chi connectivity index (χ1v) is 9.60. The number of ether oxygens (including phenoxy) is 1. The summed E-state index contributed by atoms with van der Waals surface area (Å²) >= 11 is 0. The van der Waals surface area contributed by atoms with E-state index in [1.807, 2.05) is 38.1 Å². The van der Waals surface area contributed by atoms with Gasteiger partial charge in [0, 0.05) is 32.4 Å². The van der Waals surface area contributed by atoms with E-state index in [2.05, 4.69) is 18.2 Å². The van der Waals surface area contributed by atoms with Crippen molar-refractivity contribution >= 4 is 22.6 Å². The molecule has 144 valence electrons. The summed E-state index contributed by atoms with van der Waals surface area (Å²) in [7, 11) is 0. The molecule has 3 rings (SSSR count). The minimum Gasteiger partial charge on any atom is -0.490 e. The van der Waals surface area contributed by atoms with Crippen LogP contribution in [-0.4, -0.2) is 41.1 Å². The molecule has 1 atom stereocenters. The van der Waals surface area contributed by atoms with Gasteiger partial charge in [-0.1, -0.05) is 44.2 Å². The summed E-state index contributed by atoms with van der Waals surface area (Å²) in [5.74, 6) is -0.790. The number of carbonyl (C=O) groups excluding carboxylic acids is 1. The molecule has 5 heteroatoms. The fourth-order valence-electron chi connectivity index (χ4n) is 3.58. The van der Waals surface area contributed by atoms with Gasteiger partial charge in [-0.05, 0) is 28.8 Å². The largest absolute Gasteiger partial charge is 0.490 e. The van der Waals surface area contributed by atoms with Crippen LogP contribution in [0.1, 0.15) is 33.1 Å². The third-order valence-corrected chi connectivity index (χ3v) is 5.33. The molecule has 0 aromatic heterocycles. The van der Waals surface area contributed by atoms with E-state index in [1.165, 1.54) is 5.39 Å². The topological polar surface area (TPSA) is 66.8 Å². The predicted molar refractivity (Wildman–Crippen MR) is 105 cm³/mol. The lowest BCUT2D eigenvalue weighted by Gasteiger charge is -2.33. The number of hydrogen-bond donors (Lipinski definition) is 1. The van der Waals surface area contributed by atoms with Crippen LogP contribution in [0.4, 0.5) is 0 Å². The van der Waals surface area contributed by atoms with E-state index in [-0.39, 0.29) is 24.3 Å². The van der Waals surface area contributed by atoms with Crippen LogP contribution in [0.2, 0.25) is 0 Å². The van der Waals surface area contributed by atoms with Crippen LogP contribution in [0.3, 0.4) is 0 Å². The number of nitrogens with zero attached hydrogens (tertiary/aromatic N) is 1. The number of rotatable bonds is 6. The molecule has 0 aliphatic carbocycles. The molecule has 0 saturated carbocycles. The van der Waals surface area contributed by atoms with E-state index in [9.17, 15) is 14.7 Å². The standard InChI is InChI=1S/C22H27NO4/c1-15(2)20(22(25)26)14-21(24)23-11-9-18(10-12-23)27-19-8-7-16-5-3-4-6-17(16)13-19/h3-8,13,15,18,20H,9-12,14H2,1-2H3,(H,25,26)/t20-/m0/s1. The van der Waals surface area contributed by atoms with Gasteiger partial charge in [0.15, 0.2) is 0 Å². The van der Waals surface area contributed by atoms with Crippen molar-refractivity contribution in [3.63, 3.8) is 0 Å². The van der Waals surface area contributed by atoms with Gasteiger partial charge in [0.1, 0.15) is 11.9 Å². The Bertz CT molecular complexity index is 809. The van der Waals surface area contributed by atoms with Crippen molar-refractivity contribution in [1.82, 2.24) is 4.90 Å². The maximum Gasteiger partial charge on any atom is 0.307 e. The van der Waals surface area contributed by atoms with Gasteiger partial charge < -0.3 is 14.7 Å². The Kier molecular flexibility index (Phi) is 5.99. The van der Waals surface area contributed by atoms with Gasteiger partial charge in [-0.15, -0.1) is 0 Å². The normalized spacial score (nSPS) is 16.5. The van der Waals surface area contributed by atoms with Crippen LogP contribution in [0.25, 0.3) is 10.8 Å². The van der Waals surface area contributed by atoms with Crippen LogP contribution in [-0.2, 0) is 9.59 Å². The quantitative estimate of drug-likeness (QED) is 0.837. The molecule has 1 amide bonds. The van der Waals surface area contributed by atoms with Crippen molar-refractivity contribution in [2.24, 2.45) is 11.8 Å². The first kappa shape index (κ1) is 19.2. The highest BCUT2D eigenvalue weighted by molar-refractivity contribution is 5.84. The van der Waals surface area contributed by atoms with E-state index < -0.39 is 11.9 Å². The van der Waals surface area contributed by atoms with Crippen LogP contribution in [0, 0.1) is 11.8 Å². The minimum atomic E-state index is -0.895. The summed E-state index contributed by atoms with van der Waals surface area (Å²) in [6.45, 7) is 4.91. The zero-order valence-electron chi connectivity index (χ0n) is 15.9. The Hall–Kier alpha value is -2.56. The molecule has 0 unspecified atom stereocenters. The second-order valence-corrected chi connectivity index (χ2v) is 7.60. The van der Waals surface area contributed by atoms with Crippen LogP contribution >= 0.6 is 0 Å². The Balaban J connectivity index is 1.53. The first-order valence-electron chi connectivity index (χ1n) is 9.60. The summed E-state index contributed by atoms with van der Waals surface area (Å²) in [4.78, 5) is 25.5. The molecule has 1 N–H and O–H groups in total. The van der Waals surface area contributed by atoms with Crippen molar-refractivity contribution < 1.29 is 19.4 Å².